The number of carbonyl (C=O) groups excluding carboxylic acids is 2. The highest BCUT2D eigenvalue weighted by atomic mass is 35.5. The quantitative estimate of drug-likeness (QED) is 0.633. The fourth-order valence-electron chi connectivity index (χ4n) is 3.71. The Labute approximate surface area is 169 Å². The minimum atomic E-state index is -1.02. The lowest BCUT2D eigenvalue weighted by atomic mass is 9.74. The van der Waals surface area contributed by atoms with E-state index in [-0.39, 0.29) is 11.7 Å². The number of rotatable bonds is 4. The van der Waals surface area contributed by atoms with Crippen LogP contribution in [-0.2, 0) is 15.1 Å². The van der Waals surface area contributed by atoms with Crippen LogP contribution in [0.5, 0.6) is 0 Å². The largest absolute Gasteiger partial charge is 0.325 e. The number of nitrogens with zero attached hydrogens (tertiary/aromatic N) is 1. The molecule has 1 atom stereocenters. The van der Waals surface area contributed by atoms with Gasteiger partial charge in [-0.2, -0.15) is 0 Å². The van der Waals surface area contributed by atoms with Crippen molar-refractivity contribution in [3.63, 3.8) is 0 Å². The Kier molecular flexibility index (Phi) is 6.03. The van der Waals surface area contributed by atoms with E-state index in [2.05, 4.69) is 0 Å². The predicted molar refractivity (Wildman–Crippen MR) is 110 cm³/mol. The minimum absolute atomic E-state index is 0.0360. The summed E-state index contributed by atoms with van der Waals surface area (Å²) < 4.78 is 0. The Morgan fingerprint density at radius 3 is 2.59 bits per heavy atom. The molecule has 0 aromatic heterocycles. The Balaban J connectivity index is 1.96. The highest BCUT2D eigenvalue weighted by Gasteiger charge is 2.47. The molecule has 0 aliphatic heterocycles. The number of Topliss-reactive ketones (excluding diaryl/α,β-unsaturated/α-hetero) is 1. The van der Waals surface area contributed by atoms with Gasteiger partial charge in [-0.3, -0.25) is 9.59 Å². The zero-order valence-electron chi connectivity index (χ0n) is 15.1. The van der Waals surface area contributed by atoms with Crippen LogP contribution in [0, 0.1) is 0 Å². The topological polar surface area (TPSA) is 37.4 Å². The highest BCUT2D eigenvalue weighted by molar-refractivity contribution is 6.32. The van der Waals surface area contributed by atoms with Gasteiger partial charge in [-0.15, -0.1) is 0 Å². The van der Waals surface area contributed by atoms with Gasteiger partial charge in [-0.1, -0.05) is 53.5 Å². The molecule has 0 heterocycles. The van der Waals surface area contributed by atoms with Gasteiger partial charge >= 0.3 is 0 Å². The molecule has 3 nitrogen and oxygen atoms in total. The number of halogens is 2. The molecule has 27 heavy (non-hydrogen) atoms. The number of benzene rings is 2. The van der Waals surface area contributed by atoms with E-state index in [1.54, 1.807) is 31.3 Å². The van der Waals surface area contributed by atoms with Crippen molar-refractivity contribution in [1.29, 1.82) is 0 Å². The molecule has 0 radical (unpaired) electrons. The van der Waals surface area contributed by atoms with Crippen molar-refractivity contribution in [2.75, 3.05) is 7.05 Å². The van der Waals surface area contributed by atoms with E-state index < -0.39 is 5.54 Å². The molecule has 3 rings (SSSR count). The van der Waals surface area contributed by atoms with E-state index in [4.69, 9.17) is 23.2 Å². The zero-order chi connectivity index (χ0) is 19.4. The van der Waals surface area contributed by atoms with Crippen molar-refractivity contribution in [3.8, 4) is 0 Å². The summed E-state index contributed by atoms with van der Waals surface area (Å²) in [6.07, 6.45) is 5.91. The summed E-state index contributed by atoms with van der Waals surface area (Å²) in [7, 11) is 1.68. The molecule has 1 aliphatic carbocycles. The summed E-state index contributed by atoms with van der Waals surface area (Å²) in [4.78, 5) is 27.5. The SMILES string of the molecule is CN(C(=O)/C=C/c1cccc(Cl)c1)C1(c2ccccc2Cl)CCCCC1=O. The van der Waals surface area contributed by atoms with Crippen molar-refractivity contribution in [1.82, 2.24) is 4.90 Å². The summed E-state index contributed by atoms with van der Waals surface area (Å²) in [6.45, 7) is 0. The number of hydrogen-bond donors (Lipinski definition) is 0. The maximum Gasteiger partial charge on any atom is 0.247 e. The third-order valence-corrected chi connectivity index (χ3v) is 5.71. The number of carbonyl (C=O) groups is 2. The highest BCUT2D eigenvalue weighted by Crippen LogP contribution is 2.42. The van der Waals surface area contributed by atoms with Gasteiger partial charge in [0.25, 0.3) is 0 Å². The molecule has 0 spiro atoms. The van der Waals surface area contributed by atoms with Crippen LogP contribution in [-0.4, -0.2) is 23.6 Å². The van der Waals surface area contributed by atoms with Gasteiger partial charge in [0.05, 0.1) is 0 Å². The normalized spacial score (nSPS) is 20.0. The van der Waals surface area contributed by atoms with Crippen molar-refractivity contribution < 1.29 is 9.59 Å². The van der Waals surface area contributed by atoms with Gasteiger partial charge in [0.1, 0.15) is 5.54 Å². The maximum absolute atomic E-state index is 13.0. The second kappa shape index (κ2) is 8.28. The monoisotopic (exact) mass is 401 g/mol. The van der Waals surface area contributed by atoms with Crippen LogP contribution in [0.3, 0.4) is 0 Å². The summed E-state index contributed by atoms with van der Waals surface area (Å²) in [5.74, 6) is -0.209. The molecule has 1 fully saturated rings. The van der Waals surface area contributed by atoms with Crippen molar-refractivity contribution in [2.24, 2.45) is 0 Å². The Morgan fingerprint density at radius 1 is 1.11 bits per heavy atom. The van der Waals surface area contributed by atoms with E-state index in [9.17, 15) is 9.59 Å². The van der Waals surface area contributed by atoms with E-state index in [0.717, 1.165) is 18.4 Å². The van der Waals surface area contributed by atoms with Gasteiger partial charge in [-0.05, 0) is 49.1 Å². The number of likely N-dealkylation sites (N-methyl/N-ethyl adjacent to an activating group) is 1. The van der Waals surface area contributed by atoms with Crippen LogP contribution >= 0.6 is 23.2 Å². The first-order chi connectivity index (χ1) is 12.9. The fraction of sp³-hybridized carbons (Fsp3) is 0.273. The van der Waals surface area contributed by atoms with Crippen molar-refractivity contribution >= 4 is 41.0 Å². The molecular weight excluding hydrogens is 381 g/mol. The van der Waals surface area contributed by atoms with Crippen LogP contribution in [0.2, 0.25) is 10.0 Å². The van der Waals surface area contributed by atoms with Gasteiger partial charge in [0, 0.05) is 35.2 Å². The van der Waals surface area contributed by atoms with E-state index in [0.29, 0.717) is 28.5 Å². The molecule has 1 unspecified atom stereocenters. The van der Waals surface area contributed by atoms with Crippen LogP contribution < -0.4 is 0 Å². The number of ketones is 1. The smallest absolute Gasteiger partial charge is 0.247 e. The Bertz CT molecular complexity index is 893. The summed E-state index contributed by atoms with van der Waals surface area (Å²) in [5, 5.41) is 1.11. The second-order valence-electron chi connectivity index (χ2n) is 6.76. The maximum atomic E-state index is 13.0. The predicted octanol–water partition coefficient (Wildman–Crippen LogP) is 5.50. The summed E-state index contributed by atoms with van der Waals surface area (Å²) >= 11 is 12.4. The number of amides is 1. The molecule has 0 bridgehead atoms. The first-order valence-electron chi connectivity index (χ1n) is 8.95. The van der Waals surface area contributed by atoms with Crippen molar-refractivity contribution in [2.45, 2.75) is 31.2 Å². The third kappa shape index (κ3) is 3.95. The molecule has 1 saturated carbocycles. The zero-order valence-corrected chi connectivity index (χ0v) is 16.6. The standard InChI is InChI=1S/C22H21Cl2NO2/c1-25(21(27)13-12-16-7-6-8-17(23)15-16)22(14-5-4-11-20(22)26)18-9-2-3-10-19(18)24/h2-3,6-10,12-13,15H,4-5,11,14H2,1H3/b13-12+. The lowest BCUT2D eigenvalue weighted by Gasteiger charge is -2.43. The molecule has 2 aromatic carbocycles. The molecule has 0 N–H and O–H groups in total. The molecule has 0 saturated heterocycles. The average Bonchev–Trinajstić information content (AvgIpc) is 2.67. The van der Waals surface area contributed by atoms with E-state index >= 15 is 0 Å². The van der Waals surface area contributed by atoms with Gasteiger partial charge in [0.15, 0.2) is 5.78 Å². The lowest BCUT2D eigenvalue weighted by Crippen LogP contribution is -2.53. The van der Waals surface area contributed by atoms with E-state index in [1.165, 1.54) is 11.0 Å². The number of hydrogen-bond acceptors (Lipinski definition) is 2. The average molecular weight is 402 g/mol. The van der Waals surface area contributed by atoms with Crippen LogP contribution in [0.1, 0.15) is 36.8 Å². The molecule has 1 amide bonds. The summed E-state index contributed by atoms with van der Waals surface area (Å²) in [6, 6.07) is 14.5. The fourth-order valence-corrected chi connectivity index (χ4v) is 4.20. The van der Waals surface area contributed by atoms with Gasteiger partial charge in [0.2, 0.25) is 5.91 Å². The van der Waals surface area contributed by atoms with E-state index in [1.807, 2.05) is 30.3 Å². The van der Waals surface area contributed by atoms with Crippen LogP contribution in [0.4, 0.5) is 0 Å². The molecule has 140 valence electrons. The van der Waals surface area contributed by atoms with Gasteiger partial charge in [-0.25, -0.2) is 0 Å². The van der Waals surface area contributed by atoms with Crippen molar-refractivity contribution in [3.05, 3.63) is 75.8 Å². The van der Waals surface area contributed by atoms with Gasteiger partial charge < -0.3 is 4.90 Å². The van der Waals surface area contributed by atoms with Crippen LogP contribution in [0.15, 0.2) is 54.6 Å². The van der Waals surface area contributed by atoms with Crippen LogP contribution in [0.25, 0.3) is 6.08 Å². The molecular formula is C22H21Cl2NO2. The third-order valence-electron chi connectivity index (χ3n) is 5.14. The molecule has 5 heteroatoms. The first-order valence-corrected chi connectivity index (χ1v) is 9.70. The Morgan fingerprint density at radius 2 is 1.89 bits per heavy atom. The lowest BCUT2D eigenvalue weighted by molar-refractivity contribution is -0.144. The summed E-state index contributed by atoms with van der Waals surface area (Å²) in [5.41, 5.74) is 0.501. The minimum Gasteiger partial charge on any atom is -0.325 e. The molecule has 1 aliphatic rings. The molecule has 2 aromatic rings. The first kappa shape index (κ1) is 19.7. The Hall–Kier alpha value is -2.10. The second-order valence-corrected chi connectivity index (χ2v) is 7.60.